The van der Waals surface area contributed by atoms with Crippen LogP contribution in [0.3, 0.4) is 0 Å². The summed E-state index contributed by atoms with van der Waals surface area (Å²) in [5, 5.41) is 0. The van der Waals surface area contributed by atoms with Gasteiger partial charge in [-0.1, -0.05) is 19.9 Å². The molecule has 2 bridgehead atoms. The molecule has 2 nitrogen and oxygen atoms in total. The summed E-state index contributed by atoms with van der Waals surface area (Å²) in [6.45, 7) is 6.25. The summed E-state index contributed by atoms with van der Waals surface area (Å²) in [5.41, 5.74) is 1.20. The molecule has 1 saturated heterocycles. The quantitative estimate of drug-likeness (QED) is 0.406. The SMILES string of the molecule is CC1=CC(C)(C)[C@H]2C[C@@H]1OC2=O. The molecule has 0 N–H and O–H groups in total. The minimum Gasteiger partial charge on any atom is -0.458 e. The van der Waals surface area contributed by atoms with Gasteiger partial charge in [0.1, 0.15) is 6.10 Å². The second-order valence-electron chi connectivity index (χ2n) is 4.42. The summed E-state index contributed by atoms with van der Waals surface area (Å²) in [5.74, 6) is 0.0734. The van der Waals surface area contributed by atoms with E-state index in [-0.39, 0.29) is 23.4 Å². The van der Waals surface area contributed by atoms with E-state index in [1.54, 1.807) is 0 Å². The molecule has 1 aliphatic heterocycles. The molecule has 0 aromatic carbocycles. The molecular formula is C10H14O2. The minimum atomic E-state index is -0.0156. The molecule has 66 valence electrons. The average molecular weight is 166 g/mol. The Hall–Kier alpha value is -0.790. The Kier molecular flexibility index (Phi) is 1.39. The lowest BCUT2D eigenvalue weighted by Crippen LogP contribution is -2.28. The molecule has 0 aromatic heterocycles. The standard InChI is InChI=1S/C10H14O2/c1-6-5-10(2,3)7-4-8(6)12-9(7)11/h5,7-8H,4H2,1-3H3/t7-,8-/m0/s1. The van der Waals surface area contributed by atoms with Crippen molar-refractivity contribution >= 4 is 5.97 Å². The van der Waals surface area contributed by atoms with Crippen LogP contribution in [0.4, 0.5) is 0 Å². The van der Waals surface area contributed by atoms with E-state index in [1.165, 1.54) is 5.57 Å². The summed E-state index contributed by atoms with van der Waals surface area (Å²) in [7, 11) is 0. The van der Waals surface area contributed by atoms with Gasteiger partial charge in [0.2, 0.25) is 0 Å². The second-order valence-corrected chi connectivity index (χ2v) is 4.42. The molecule has 1 heterocycles. The maximum atomic E-state index is 11.4. The monoisotopic (exact) mass is 166 g/mol. The fraction of sp³-hybridized carbons (Fsp3) is 0.700. The first-order valence-corrected chi connectivity index (χ1v) is 4.40. The first-order valence-electron chi connectivity index (χ1n) is 4.40. The van der Waals surface area contributed by atoms with E-state index < -0.39 is 0 Å². The van der Waals surface area contributed by atoms with Crippen LogP contribution in [0.25, 0.3) is 0 Å². The molecular weight excluding hydrogens is 152 g/mol. The van der Waals surface area contributed by atoms with Crippen molar-refractivity contribution in [2.75, 3.05) is 0 Å². The van der Waals surface area contributed by atoms with Crippen molar-refractivity contribution in [1.29, 1.82) is 0 Å². The normalized spacial score (nSPS) is 37.6. The van der Waals surface area contributed by atoms with Gasteiger partial charge in [-0.15, -0.1) is 0 Å². The number of hydrogen-bond acceptors (Lipinski definition) is 2. The van der Waals surface area contributed by atoms with Crippen LogP contribution in [-0.2, 0) is 9.53 Å². The molecule has 12 heavy (non-hydrogen) atoms. The summed E-state index contributed by atoms with van der Waals surface area (Å²) >= 11 is 0. The highest BCUT2D eigenvalue weighted by atomic mass is 16.6. The third-order valence-corrected chi connectivity index (χ3v) is 3.00. The van der Waals surface area contributed by atoms with Crippen LogP contribution in [0.2, 0.25) is 0 Å². The molecule has 0 spiro atoms. The largest absolute Gasteiger partial charge is 0.458 e. The third kappa shape index (κ3) is 0.904. The van der Waals surface area contributed by atoms with Crippen LogP contribution < -0.4 is 0 Å². The van der Waals surface area contributed by atoms with E-state index in [0.29, 0.717) is 0 Å². The Morgan fingerprint density at radius 1 is 1.58 bits per heavy atom. The Labute approximate surface area is 72.6 Å². The maximum Gasteiger partial charge on any atom is 0.310 e. The van der Waals surface area contributed by atoms with Crippen LogP contribution in [0.15, 0.2) is 11.6 Å². The van der Waals surface area contributed by atoms with Gasteiger partial charge < -0.3 is 4.74 Å². The van der Waals surface area contributed by atoms with E-state index in [0.717, 1.165) is 6.42 Å². The van der Waals surface area contributed by atoms with Crippen LogP contribution in [-0.4, -0.2) is 12.1 Å². The highest BCUT2D eigenvalue weighted by molar-refractivity contribution is 5.77. The molecule has 2 aliphatic rings. The molecule has 2 atom stereocenters. The van der Waals surface area contributed by atoms with Gasteiger partial charge in [0.25, 0.3) is 0 Å². The zero-order valence-electron chi connectivity index (χ0n) is 7.76. The number of esters is 1. The number of carbonyl (C=O) groups is 1. The lowest BCUT2D eigenvalue weighted by atomic mass is 9.72. The van der Waals surface area contributed by atoms with E-state index in [1.807, 2.05) is 6.92 Å². The van der Waals surface area contributed by atoms with Gasteiger partial charge >= 0.3 is 5.97 Å². The van der Waals surface area contributed by atoms with Gasteiger partial charge in [-0.25, -0.2) is 0 Å². The third-order valence-electron chi connectivity index (χ3n) is 3.00. The summed E-state index contributed by atoms with van der Waals surface area (Å²) in [4.78, 5) is 11.4. The van der Waals surface area contributed by atoms with Gasteiger partial charge in [-0.3, -0.25) is 4.79 Å². The highest BCUT2D eigenvalue weighted by Gasteiger charge is 2.47. The van der Waals surface area contributed by atoms with Crippen LogP contribution in [0.1, 0.15) is 27.2 Å². The van der Waals surface area contributed by atoms with Crippen molar-refractivity contribution in [3.63, 3.8) is 0 Å². The zero-order chi connectivity index (χ0) is 8.93. The molecule has 2 rings (SSSR count). The molecule has 1 fully saturated rings. The van der Waals surface area contributed by atoms with Gasteiger partial charge in [-0.05, 0) is 17.9 Å². The maximum absolute atomic E-state index is 11.4. The van der Waals surface area contributed by atoms with Gasteiger partial charge in [-0.2, -0.15) is 0 Å². The topological polar surface area (TPSA) is 26.3 Å². The van der Waals surface area contributed by atoms with E-state index >= 15 is 0 Å². The molecule has 0 radical (unpaired) electrons. The van der Waals surface area contributed by atoms with Crippen molar-refractivity contribution in [2.24, 2.45) is 11.3 Å². The van der Waals surface area contributed by atoms with Crippen LogP contribution in [0.5, 0.6) is 0 Å². The predicted molar refractivity (Wildman–Crippen MR) is 45.5 cm³/mol. The van der Waals surface area contributed by atoms with Crippen molar-refractivity contribution in [3.8, 4) is 0 Å². The molecule has 0 unspecified atom stereocenters. The number of carbonyl (C=O) groups excluding carboxylic acids is 1. The number of ether oxygens (including phenoxy) is 1. The molecule has 0 aromatic rings. The Balaban J connectivity index is 2.42. The Morgan fingerprint density at radius 2 is 2.25 bits per heavy atom. The first kappa shape index (κ1) is 7.84. The number of fused-ring (bicyclic) bond motifs is 2. The van der Waals surface area contributed by atoms with E-state index in [2.05, 4.69) is 19.9 Å². The lowest BCUT2D eigenvalue weighted by molar-refractivity contribution is -0.144. The lowest BCUT2D eigenvalue weighted by Gasteiger charge is -2.29. The van der Waals surface area contributed by atoms with Gasteiger partial charge in [0.05, 0.1) is 5.92 Å². The zero-order valence-corrected chi connectivity index (χ0v) is 7.76. The molecule has 0 saturated carbocycles. The minimum absolute atomic E-state index is 0.00579. The van der Waals surface area contributed by atoms with Crippen molar-refractivity contribution in [3.05, 3.63) is 11.6 Å². The number of hydrogen-bond donors (Lipinski definition) is 0. The molecule has 0 amide bonds. The van der Waals surface area contributed by atoms with Gasteiger partial charge in [0.15, 0.2) is 0 Å². The molecule has 1 aliphatic carbocycles. The number of allylic oxidation sites excluding steroid dienone is 1. The smallest absolute Gasteiger partial charge is 0.310 e. The fourth-order valence-corrected chi connectivity index (χ4v) is 2.25. The van der Waals surface area contributed by atoms with Crippen molar-refractivity contribution in [1.82, 2.24) is 0 Å². The average Bonchev–Trinajstić information content (AvgIpc) is 2.26. The first-order chi connectivity index (χ1) is 5.50. The fourth-order valence-electron chi connectivity index (χ4n) is 2.25. The van der Waals surface area contributed by atoms with Gasteiger partial charge in [0, 0.05) is 6.42 Å². The Morgan fingerprint density at radius 3 is 2.92 bits per heavy atom. The van der Waals surface area contributed by atoms with Crippen molar-refractivity contribution in [2.45, 2.75) is 33.3 Å². The summed E-state index contributed by atoms with van der Waals surface area (Å²) in [6.07, 6.45) is 3.14. The molecule has 2 heteroatoms. The Bertz CT molecular complexity index is 263. The summed E-state index contributed by atoms with van der Waals surface area (Å²) < 4.78 is 5.23. The highest BCUT2D eigenvalue weighted by Crippen LogP contribution is 2.44. The van der Waals surface area contributed by atoms with Crippen LogP contribution >= 0.6 is 0 Å². The second kappa shape index (κ2) is 2.12. The van der Waals surface area contributed by atoms with Crippen LogP contribution in [0, 0.1) is 11.3 Å². The predicted octanol–water partition coefficient (Wildman–Crippen LogP) is 1.90. The summed E-state index contributed by atoms with van der Waals surface area (Å²) in [6, 6.07) is 0. The van der Waals surface area contributed by atoms with Crippen molar-refractivity contribution < 1.29 is 9.53 Å². The number of rotatable bonds is 0. The van der Waals surface area contributed by atoms with E-state index in [9.17, 15) is 4.79 Å². The van der Waals surface area contributed by atoms with E-state index in [4.69, 9.17) is 4.74 Å².